The number of hydrogen-bond donors (Lipinski definition) is 0. The number of hydrazine groups is 1. The van der Waals surface area contributed by atoms with Gasteiger partial charge in [0.05, 0.1) is 11.2 Å². The first-order valence-corrected chi connectivity index (χ1v) is 13.1. The fourth-order valence-electron chi connectivity index (χ4n) is 5.37. The van der Waals surface area contributed by atoms with Gasteiger partial charge < -0.3 is 4.74 Å². The molecule has 0 aliphatic carbocycles. The zero-order valence-electron chi connectivity index (χ0n) is 21.6. The number of alkyl halides is 4. The van der Waals surface area contributed by atoms with Gasteiger partial charge in [0.25, 0.3) is 5.91 Å². The van der Waals surface area contributed by atoms with Crippen molar-refractivity contribution < 1.29 is 27.1 Å². The van der Waals surface area contributed by atoms with Crippen molar-refractivity contribution in [3.05, 3.63) is 66.0 Å². The summed E-state index contributed by atoms with van der Waals surface area (Å²) >= 11 is 6.74. The van der Waals surface area contributed by atoms with Crippen molar-refractivity contribution in [2.24, 2.45) is 5.92 Å². The number of carbonyl (C=O) groups excluding carboxylic acids is 1. The van der Waals surface area contributed by atoms with Crippen LogP contribution in [0.4, 0.5) is 23.2 Å². The van der Waals surface area contributed by atoms with E-state index in [0.717, 1.165) is 37.9 Å². The summed E-state index contributed by atoms with van der Waals surface area (Å²) in [6.07, 6.45) is 2.31. The number of amides is 1. The van der Waals surface area contributed by atoms with Gasteiger partial charge in [-0.3, -0.25) is 9.69 Å². The Bertz CT molecular complexity index is 1130. The van der Waals surface area contributed by atoms with Gasteiger partial charge in [-0.05, 0) is 94.1 Å². The van der Waals surface area contributed by atoms with Crippen LogP contribution in [0.25, 0.3) is 6.08 Å². The van der Waals surface area contributed by atoms with Gasteiger partial charge in [-0.15, -0.1) is 24.8 Å². The van der Waals surface area contributed by atoms with Gasteiger partial charge in [-0.2, -0.15) is 0 Å². The highest BCUT2D eigenvalue weighted by atomic mass is 35.5. The smallest absolute Gasteiger partial charge is 0.406 e. The number of nitrogens with zero attached hydrogens (tertiary/aromatic N) is 3. The van der Waals surface area contributed by atoms with Crippen LogP contribution in [-0.2, 0) is 4.79 Å². The molecule has 2 fully saturated rings. The number of likely N-dealkylation sites (tertiary alicyclic amines) is 1. The molecule has 0 aromatic heterocycles. The fourth-order valence-corrected chi connectivity index (χ4v) is 5.79. The SMILES string of the molecule is CC(N1CCC(C/C=C\c2ccc(F)cc2)CC1)C1(C)C(Cl)C(=O)N(c2ccc(OC(F)(F)F)cc2)N1C. The number of benzene rings is 2. The Labute approximate surface area is 225 Å². The minimum Gasteiger partial charge on any atom is -0.406 e. The van der Waals surface area contributed by atoms with Crippen LogP contribution in [-0.4, -0.2) is 59.3 Å². The van der Waals surface area contributed by atoms with Crippen LogP contribution < -0.4 is 9.75 Å². The highest BCUT2D eigenvalue weighted by Crippen LogP contribution is 2.41. The van der Waals surface area contributed by atoms with Gasteiger partial charge in [-0.25, -0.2) is 14.4 Å². The maximum Gasteiger partial charge on any atom is 0.573 e. The Hall–Kier alpha value is -2.62. The molecule has 0 bridgehead atoms. The number of ether oxygens (including phenoxy) is 1. The summed E-state index contributed by atoms with van der Waals surface area (Å²) in [6.45, 7) is 5.74. The van der Waals surface area contributed by atoms with Gasteiger partial charge in [0.15, 0.2) is 0 Å². The van der Waals surface area contributed by atoms with Crippen molar-refractivity contribution in [1.29, 1.82) is 0 Å². The van der Waals surface area contributed by atoms with E-state index >= 15 is 0 Å². The summed E-state index contributed by atoms with van der Waals surface area (Å²) in [4.78, 5) is 15.6. The number of likely N-dealkylation sites (N-methyl/N-ethyl adjacent to an activating group) is 1. The highest BCUT2D eigenvalue weighted by Gasteiger charge is 2.57. The van der Waals surface area contributed by atoms with E-state index in [9.17, 15) is 22.4 Å². The van der Waals surface area contributed by atoms with Crippen LogP contribution >= 0.6 is 11.6 Å². The van der Waals surface area contributed by atoms with E-state index in [1.54, 1.807) is 24.2 Å². The predicted octanol–water partition coefficient (Wildman–Crippen LogP) is 6.49. The molecule has 3 unspecified atom stereocenters. The third-order valence-electron chi connectivity index (χ3n) is 7.94. The maximum absolute atomic E-state index is 13.2. The van der Waals surface area contributed by atoms with Gasteiger partial charge in [0.2, 0.25) is 0 Å². The average molecular weight is 554 g/mol. The van der Waals surface area contributed by atoms with E-state index in [1.807, 2.05) is 13.0 Å². The molecule has 5 nitrogen and oxygen atoms in total. The number of allylic oxidation sites excluding steroid dienone is 1. The Kier molecular flexibility index (Phi) is 8.40. The molecule has 2 aromatic rings. The second-order valence-electron chi connectivity index (χ2n) is 10.1. The first kappa shape index (κ1) is 28.4. The number of rotatable bonds is 7. The molecule has 2 heterocycles. The van der Waals surface area contributed by atoms with Crippen LogP contribution in [0.3, 0.4) is 0 Å². The van der Waals surface area contributed by atoms with Crippen molar-refractivity contribution in [1.82, 2.24) is 9.91 Å². The van der Waals surface area contributed by atoms with Crippen LogP contribution in [0.15, 0.2) is 54.6 Å². The first-order chi connectivity index (χ1) is 17.9. The molecule has 4 rings (SSSR count). The van der Waals surface area contributed by atoms with E-state index in [1.165, 1.54) is 41.4 Å². The summed E-state index contributed by atoms with van der Waals surface area (Å²) in [6, 6.07) is 11.6. The minimum atomic E-state index is -4.79. The van der Waals surface area contributed by atoms with Crippen LogP contribution in [0, 0.1) is 11.7 Å². The molecular formula is C28H32ClF4N3O2. The fraction of sp³-hybridized carbons (Fsp3) is 0.464. The monoisotopic (exact) mass is 553 g/mol. The second-order valence-corrected chi connectivity index (χ2v) is 10.6. The van der Waals surface area contributed by atoms with Crippen LogP contribution in [0.2, 0.25) is 0 Å². The van der Waals surface area contributed by atoms with Crippen molar-refractivity contribution in [2.75, 3.05) is 25.1 Å². The number of hydrogen-bond acceptors (Lipinski definition) is 4. The molecule has 38 heavy (non-hydrogen) atoms. The van der Waals surface area contributed by atoms with Gasteiger partial charge >= 0.3 is 6.36 Å². The molecule has 206 valence electrons. The van der Waals surface area contributed by atoms with Crippen LogP contribution in [0.5, 0.6) is 5.75 Å². The van der Waals surface area contributed by atoms with E-state index in [-0.39, 0.29) is 23.5 Å². The summed E-state index contributed by atoms with van der Waals surface area (Å²) in [5.41, 5.74) is 0.648. The van der Waals surface area contributed by atoms with Gasteiger partial charge in [-0.1, -0.05) is 24.3 Å². The molecule has 2 aliphatic heterocycles. The molecule has 10 heteroatoms. The molecular weight excluding hydrogens is 522 g/mol. The lowest BCUT2D eigenvalue weighted by Crippen LogP contribution is -2.61. The van der Waals surface area contributed by atoms with Crippen molar-refractivity contribution in [3.8, 4) is 5.75 Å². The third kappa shape index (κ3) is 6.00. The topological polar surface area (TPSA) is 36.0 Å². The summed E-state index contributed by atoms with van der Waals surface area (Å²) < 4.78 is 54.6. The molecule has 2 aliphatic rings. The Morgan fingerprint density at radius 1 is 1.11 bits per heavy atom. The number of piperidine rings is 1. The zero-order valence-corrected chi connectivity index (χ0v) is 22.3. The first-order valence-electron chi connectivity index (χ1n) is 12.6. The largest absolute Gasteiger partial charge is 0.573 e. The van der Waals surface area contributed by atoms with Crippen LogP contribution in [0.1, 0.15) is 38.7 Å². The average Bonchev–Trinajstić information content (AvgIpc) is 3.05. The zero-order chi connectivity index (χ0) is 27.7. The number of halogens is 5. The highest BCUT2D eigenvalue weighted by molar-refractivity contribution is 6.34. The second kappa shape index (κ2) is 11.2. The molecule has 0 N–H and O–H groups in total. The van der Waals surface area contributed by atoms with E-state index < -0.39 is 17.3 Å². The normalized spacial score (nSPS) is 24.9. The predicted molar refractivity (Wildman–Crippen MR) is 140 cm³/mol. The minimum absolute atomic E-state index is 0.0625. The summed E-state index contributed by atoms with van der Waals surface area (Å²) in [5.74, 6) is -0.396. The number of anilines is 1. The third-order valence-corrected chi connectivity index (χ3v) is 8.57. The lowest BCUT2D eigenvalue weighted by molar-refractivity contribution is -0.274. The molecule has 0 radical (unpaired) electrons. The van der Waals surface area contributed by atoms with Crippen molar-refractivity contribution in [3.63, 3.8) is 0 Å². The Morgan fingerprint density at radius 3 is 2.29 bits per heavy atom. The van der Waals surface area contributed by atoms with E-state index in [4.69, 9.17) is 11.6 Å². The number of carbonyl (C=O) groups is 1. The van der Waals surface area contributed by atoms with E-state index in [2.05, 4.69) is 22.6 Å². The Morgan fingerprint density at radius 2 is 1.71 bits per heavy atom. The lowest BCUT2D eigenvalue weighted by Gasteiger charge is -2.47. The molecule has 3 atom stereocenters. The molecule has 2 aromatic carbocycles. The van der Waals surface area contributed by atoms with Crippen molar-refractivity contribution >= 4 is 29.3 Å². The van der Waals surface area contributed by atoms with Gasteiger partial charge in [0.1, 0.15) is 16.9 Å². The molecule has 2 saturated heterocycles. The lowest BCUT2D eigenvalue weighted by atomic mass is 9.85. The standard InChI is InChI=1S/C28H32ClF4N3O2/c1-19(35-17-15-21(16-18-35)6-4-5-20-7-9-22(30)10-8-20)27(2)25(29)26(37)36(34(27)3)23-11-13-24(14-12-23)38-28(31,32)33/h4-5,7-14,19,21,25H,6,15-18H2,1-3H3/b5-4-. The molecule has 0 spiro atoms. The summed E-state index contributed by atoms with van der Waals surface area (Å²) in [7, 11) is 1.78. The molecule has 1 amide bonds. The summed E-state index contributed by atoms with van der Waals surface area (Å²) in [5, 5.41) is 2.39. The van der Waals surface area contributed by atoms with E-state index in [0.29, 0.717) is 11.6 Å². The Balaban J connectivity index is 1.38. The molecule has 0 saturated carbocycles. The van der Waals surface area contributed by atoms with Crippen molar-refractivity contribution in [2.45, 2.75) is 56.4 Å². The van der Waals surface area contributed by atoms with Gasteiger partial charge in [0, 0.05) is 13.1 Å². The quantitative estimate of drug-likeness (QED) is 0.290. The maximum atomic E-state index is 13.2.